The SMILES string of the molecule is C=C(C)c1cc(F)c(OCCCO)cc1CC. The summed E-state index contributed by atoms with van der Waals surface area (Å²) in [5.74, 6) is -0.126. The quantitative estimate of drug-likeness (QED) is 0.771. The minimum Gasteiger partial charge on any atom is -0.490 e. The number of aryl methyl sites for hydroxylation is 1. The zero-order valence-electron chi connectivity index (χ0n) is 10.4. The monoisotopic (exact) mass is 238 g/mol. The molecule has 0 saturated carbocycles. The third-order valence-electron chi connectivity index (χ3n) is 2.56. The first-order valence-electron chi connectivity index (χ1n) is 5.82. The molecule has 0 bridgehead atoms. The summed E-state index contributed by atoms with van der Waals surface area (Å²) in [6, 6.07) is 3.19. The summed E-state index contributed by atoms with van der Waals surface area (Å²) in [6.45, 7) is 8.08. The van der Waals surface area contributed by atoms with Gasteiger partial charge in [0.05, 0.1) is 6.61 Å². The smallest absolute Gasteiger partial charge is 0.165 e. The lowest BCUT2D eigenvalue weighted by atomic mass is 9.99. The molecule has 0 aliphatic rings. The van der Waals surface area contributed by atoms with Crippen LogP contribution >= 0.6 is 0 Å². The van der Waals surface area contributed by atoms with Crippen molar-refractivity contribution in [1.82, 2.24) is 0 Å². The van der Waals surface area contributed by atoms with Crippen molar-refractivity contribution in [2.24, 2.45) is 0 Å². The molecule has 0 spiro atoms. The van der Waals surface area contributed by atoms with Crippen molar-refractivity contribution in [3.05, 3.63) is 35.7 Å². The van der Waals surface area contributed by atoms with Crippen LogP contribution in [-0.2, 0) is 6.42 Å². The van der Waals surface area contributed by atoms with Gasteiger partial charge in [-0.3, -0.25) is 0 Å². The number of benzene rings is 1. The standard InChI is InChI=1S/C14H19FO2/c1-4-11-8-14(17-7-5-6-16)13(15)9-12(11)10(2)3/h8-9,16H,2,4-7H2,1,3H3. The van der Waals surface area contributed by atoms with Gasteiger partial charge in [-0.1, -0.05) is 19.1 Å². The number of hydrogen-bond acceptors (Lipinski definition) is 2. The molecule has 0 radical (unpaired) electrons. The molecule has 0 amide bonds. The van der Waals surface area contributed by atoms with Crippen LogP contribution in [0.25, 0.3) is 5.57 Å². The maximum atomic E-state index is 13.7. The van der Waals surface area contributed by atoms with E-state index in [0.717, 1.165) is 23.1 Å². The molecule has 0 atom stereocenters. The second kappa shape index (κ2) is 6.40. The van der Waals surface area contributed by atoms with Crippen LogP contribution in [-0.4, -0.2) is 18.3 Å². The second-order valence-corrected chi connectivity index (χ2v) is 4.00. The van der Waals surface area contributed by atoms with Crippen LogP contribution in [0.3, 0.4) is 0 Å². The van der Waals surface area contributed by atoms with Gasteiger partial charge in [-0.2, -0.15) is 0 Å². The maximum absolute atomic E-state index is 13.7. The largest absolute Gasteiger partial charge is 0.490 e. The van der Waals surface area contributed by atoms with Crippen LogP contribution in [0.15, 0.2) is 18.7 Å². The third-order valence-corrected chi connectivity index (χ3v) is 2.56. The highest BCUT2D eigenvalue weighted by atomic mass is 19.1. The van der Waals surface area contributed by atoms with Gasteiger partial charge in [0.2, 0.25) is 0 Å². The van der Waals surface area contributed by atoms with Crippen molar-refractivity contribution >= 4 is 5.57 Å². The highest BCUT2D eigenvalue weighted by Gasteiger charge is 2.10. The summed E-state index contributed by atoms with van der Waals surface area (Å²) in [5, 5.41) is 8.65. The lowest BCUT2D eigenvalue weighted by Crippen LogP contribution is -2.03. The lowest BCUT2D eigenvalue weighted by molar-refractivity contribution is 0.228. The van der Waals surface area contributed by atoms with Crippen LogP contribution in [0.5, 0.6) is 5.75 Å². The molecule has 2 nitrogen and oxygen atoms in total. The molecule has 1 aromatic rings. The number of hydrogen-bond donors (Lipinski definition) is 1. The van der Waals surface area contributed by atoms with E-state index >= 15 is 0 Å². The summed E-state index contributed by atoms with van der Waals surface area (Å²) in [4.78, 5) is 0. The molecule has 1 aromatic carbocycles. The van der Waals surface area contributed by atoms with Gasteiger partial charge in [0.15, 0.2) is 11.6 Å². The van der Waals surface area contributed by atoms with Crippen molar-refractivity contribution in [2.75, 3.05) is 13.2 Å². The molecular formula is C14H19FO2. The minimum absolute atomic E-state index is 0.0477. The lowest BCUT2D eigenvalue weighted by Gasteiger charge is -2.12. The van der Waals surface area contributed by atoms with Gasteiger partial charge in [-0.25, -0.2) is 4.39 Å². The van der Waals surface area contributed by atoms with Crippen molar-refractivity contribution < 1.29 is 14.2 Å². The van der Waals surface area contributed by atoms with E-state index in [9.17, 15) is 4.39 Å². The van der Waals surface area contributed by atoms with E-state index in [1.807, 2.05) is 13.8 Å². The Kier molecular flexibility index (Phi) is 5.16. The average Bonchev–Trinajstić information content (AvgIpc) is 2.30. The minimum atomic E-state index is -0.377. The van der Waals surface area contributed by atoms with E-state index in [2.05, 4.69) is 6.58 Å². The van der Waals surface area contributed by atoms with Gasteiger partial charge in [-0.15, -0.1) is 0 Å². The molecule has 0 aliphatic carbocycles. The first-order valence-corrected chi connectivity index (χ1v) is 5.82. The third kappa shape index (κ3) is 3.56. The highest BCUT2D eigenvalue weighted by molar-refractivity contribution is 5.65. The number of halogens is 1. The molecular weight excluding hydrogens is 219 g/mol. The molecule has 0 aromatic heterocycles. The molecule has 0 saturated heterocycles. The fourth-order valence-electron chi connectivity index (χ4n) is 1.64. The van der Waals surface area contributed by atoms with Crippen LogP contribution in [0.2, 0.25) is 0 Å². The Morgan fingerprint density at radius 3 is 2.71 bits per heavy atom. The second-order valence-electron chi connectivity index (χ2n) is 4.00. The summed E-state index contributed by atoms with van der Waals surface area (Å²) in [6.07, 6.45) is 1.31. The number of aliphatic hydroxyl groups excluding tert-OH is 1. The predicted octanol–water partition coefficient (Wildman–Crippen LogP) is 3.18. The molecule has 1 rings (SSSR count). The average molecular weight is 238 g/mol. The Balaban J connectivity index is 2.96. The van der Waals surface area contributed by atoms with E-state index in [-0.39, 0.29) is 18.2 Å². The molecule has 1 N–H and O–H groups in total. The van der Waals surface area contributed by atoms with Crippen molar-refractivity contribution in [2.45, 2.75) is 26.7 Å². The zero-order valence-corrected chi connectivity index (χ0v) is 10.4. The highest BCUT2D eigenvalue weighted by Crippen LogP contribution is 2.27. The predicted molar refractivity (Wildman–Crippen MR) is 67.7 cm³/mol. The first kappa shape index (κ1) is 13.7. The Hall–Kier alpha value is -1.35. The van der Waals surface area contributed by atoms with Crippen LogP contribution in [0, 0.1) is 5.82 Å². The molecule has 0 aliphatic heterocycles. The molecule has 17 heavy (non-hydrogen) atoms. The number of ether oxygens (including phenoxy) is 1. The van der Waals surface area contributed by atoms with E-state index in [1.54, 1.807) is 6.07 Å². The van der Waals surface area contributed by atoms with Gasteiger partial charge in [-0.05, 0) is 36.6 Å². The van der Waals surface area contributed by atoms with E-state index in [1.165, 1.54) is 6.07 Å². The number of allylic oxidation sites excluding steroid dienone is 1. The Morgan fingerprint density at radius 1 is 1.47 bits per heavy atom. The van der Waals surface area contributed by atoms with Gasteiger partial charge >= 0.3 is 0 Å². The molecule has 0 heterocycles. The summed E-state index contributed by atoms with van der Waals surface area (Å²) < 4.78 is 19.0. The van der Waals surface area contributed by atoms with Crippen LogP contribution in [0.4, 0.5) is 4.39 Å². The van der Waals surface area contributed by atoms with Crippen LogP contribution < -0.4 is 4.74 Å². The van der Waals surface area contributed by atoms with E-state index in [4.69, 9.17) is 9.84 Å². The van der Waals surface area contributed by atoms with Gasteiger partial charge in [0, 0.05) is 13.0 Å². The van der Waals surface area contributed by atoms with E-state index < -0.39 is 0 Å². The summed E-state index contributed by atoms with van der Waals surface area (Å²) in [7, 11) is 0. The van der Waals surface area contributed by atoms with Crippen molar-refractivity contribution in [3.8, 4) is 5.75 Å². The van der Waals surface area contributed by atoms with Gasteiger partial charge < -0.3 is 9.84 Å². The van der Waals surface area contributed by atoms with E-state index in [0.29, 0.717) is 13.0 Å². The van der Waals surface area contributed by atoms with Gasteiger partial charge in [0.25, 0.3) is 0 Å². The summed E-state index contributed by atoms with van der Waals surface area (Å²) >= 11 is 0. The number of rotatable bonds is 6. The molecule has 94 valence electrons. The zero-order chi connectivity index (χ0) is 12.8. The molecule has 0 unspecified atom stereocenters. The van der Waals surface area contributed by atoms with Crippen molar-refractivity contribution in [3.63, 3.8) is 0 Å². The maximum Gasteiger partial charge on any atom is 0.165 e. The van der Waals surface area contributed by atoms with Crippen LogP contribution in [0.1, 0.15) is 31.4 Å². The fraction of sp³-hybridized carbons (Fsp3) is 0.429. The normalized spacial score (nSPS) is 10.4. The fourth-order valence-corrected chi connectivity index (χ4v) is 1.64. The Morgan fingerprint density at radius 2 is 2.18 bits per heavy atom. The topological polar surface area (TPSA) is 29.5 Å². The Labute approximate surface area is 102 Å². The molecule has 0 fully saturated rings. The number of aliphatic hydroxyl groups is 1. The van der Waals surface area contributed by atoms with Gasteiger partial charge in [0.1, 0.15) is 0 Å². The first-order chi connectivity index (χ1) is 8.10. The summed E-state index contributed by atoms with van der Waals surface area (Å²) in [5.41, 5.74) is 2.72. The Bertz CT molecular complexity index is 399. The van der Waals surface area contributed by atoms with Crippen molar-refractivity contribution in [1.29, 1.82) is 0 Å². The molecule has 3 heteroatoms.